The molecule has 0 bridgehead atoms. The summed E-state index contributed by atoms with van der Waals surface area (Å²) in [4.78, 5) is 8.66. The van der Waals surface area contributed by atoms with E-state index in [4.69, 9.17) is 0 Å². The molecule has 5 heteroatoms. The molecule has 1 unspecified atom stereocenters. The molecule has 0 saturated carbocycles. The van der Waals surface area contributed by atoms with Crippen molar-refractivity contribution in [1.82, 2.24) is 25.1 Å². The van der Waals surface area contributed by atoms with E-state index in [1.807, 2.05) is 11.7 Å². The number of nitrogens with one attached hydrogen (secondary N) is 1. The Hall–Kier alpha value is -1.49. The van der Waals surface area contributed by atoms with Crippen molar-refractivity contribution >= 4 is 11.2 Å². The molecule has 0 amide bonds. The second kappa shape index (κ2) is 3.27. The number of aromatic nitrogens is 4. The average Bonchev–Trinajstić information content (AvgIpc) is 2.87. The second-order valence-corrected chi connectivity index (χ2v) is 3.93. The zero-order chi connectivity index (χ0) is 10.3. The van der Waals surface area contributed by atoms with Gasteiger partial charge in [0.2, 0.25) is 0 Å². The zero-order valence-electron chi connectivity index (χ0n) is 8.64. The molecule has 15 heavy (non-hydrogen) atoms. The van der Waals surface area contributed by atoms with Crippen LogP contribution in [0, 0.1) is 0 Å². The highest BCUT2D eigenvalue weighted by molar-refractivity contribution is 5.73. The normalized spacial score (nSPS) is 21.3. The van der Waals surface area contributed by atoms with Gasteiger partial charge in [-0.2, -0.15) is 5.10 Å². The van der Waals surface area contributed by atoms with E-state index in [0.29, 0.717) is 5.92 Å². The highest BCUT2D eigenvalue weighted by Crippen LogP contribution is 2.25. The summed E-state index contributed by atoms with van der Waals surface area (Å²) < 4.78 is 1.82. The molecule has 2 aromatic heterocycles. The smallest absolute Gasteiger partial charge is 0.176 e. The van der Waals surface area contributed by atoms with Crippen LogP contribution in [0.1, 0.15) is 18.0 Å². The van der Waals surface area contributed by atoms with Crippen molar-refractivity contribution in [3.8, 4) is 0 Å². The fourth-order valence-corrected chi connectivity index (χ4v) is 2.17. The zero-order valence-corrected chi connectivity index (χ0v) is 8.64. The Kier molecular flexibility index (Phi) is 1.92. The SMILES string of the molecule is Cn1nc(C2CCNC2)c2nccnc21. The average molecular weight is 203 g/mol. The highest BCUT2D eigenvalue weighted by atomic mass is 15.3. The topological polar surface area (TPSA) is 55.6 Å². The maximum atomic E-state index is 4.52. The van der Waals surface area contributed by atoms with Crippen LogP contribution in [-0.4, -0.2) is 32.8 Å². The summed E-state index contributed by atoms with van der Waals surface area (Å²) in [7, 11) is 1.92. The van der Waals surface area contributed by atoms with Gasteiger partial charge >= 0.3 is 0 Å². The van der Waals surface area contributed by atoms with Crippen LogP contribution in [0.2, 0.25) is 0 Å². The quantitative estimate of drug-likeness (QED) is 0.730. The van der Waals surface area contributed by atoms with Gasteiger partial charge in [-0.15, -0.1) is 0 Å². The van der Waals surface area contributed by atoms with Crippen LogP contribution in [0.3, 0.4) is 0 Å². The number of aryl methyl sites for hydroxylation is 1. The molecular formula is C10H13N5. The largest absolute Gasteiger partial charge is 0.316 e. The highest BCUT2D eigenvalue weighted by Gasteiger charge is 2.23. The summed E-state index contributed by atoms with van der Waals surface area (Å²) in [5.41, 5.74) is 2.92. The van der Waals surface area contributed by atoms with Crippen LogP contribution in [0.15, 0.2) is 12.4 Å². The molecule has 3 heterocycles. The lowest BCUT2D eigenvalue weighted by atomic mass is 10.0. The third kappa shape index (κ3) is 1.31. The Morgan fingerprint density at radius 3 is 3.07 bits per heavy atom. The summed E-state index contributed by atoms with van der Waals surface area (Å²) in [6.45, 7) is 2.08. The summed E-state index contributed by atoms with van der Waals surface area (Å²) in [6.07, 6.45) is 4.58. The van der Waals surface area contributed by atoms with Gasteiger partial charge in [-0.05, 0) is 13.0 Å². The van der Waals surface area contributed by atoms with Crippen LogP contribution in [0.4, 0.5) is 0 Å². The molecule has 1 N–H and O–H groups in total. The Morgan fingerprint density at radius 1 is 1.40 bits per heavy atom. The van der Waals surface area contributed by atoms with Crippen molar-refractivity contribution in [2.75, 3.05) is 13.1 Å². The third-order valence-corrected chi connectivity index (χ3v) is 2.93. The lowest BCUT2D eigenvalue weighted by Gasteiger charge is -2.02. The summed E-state index contributed by atoms with van der Waals surface area (Å²) in [5, 5.41) is 7.87. The molecule has 1 atom stereocenters. The first kappa shape index (κ1) is 8.79. The van der Waals surface area contributed by atoms with Gasteiger partial charge in [-0.25, -0.2) is 14.6 Å². The molecule has 0 aromatic carbocycles. The molecule has 0 radical (unpaired) electrons. The van der Waals surface area contributed by atoms with Crippen molar-refractivity contribution in [1.29, 1.82) is 0 Å². The van der Waals surface area contributed by atoms with Gasteiger partial charge in [0, 0.05) is 31.9 Å². The maximum absolute atomic E-state index is 4.52. The summed E-state index contributed by atoms with van der Waals surface area (Å²) in [5.74, 6) is 0.491. The number of hydrogen-bond acceptors (Lipinski definition) is 4. The van der Waals surface area contributed by atoms with Crippen molar-refractivity contribution in [3.63, 3.8) is 0 Å². The van der Waals surface area contributed by atoms with E-state index >= 15 is 0 Å². The van der Waals surface area contributed by atoms with Crippen molar-refractivity contribution < 1.29 is 0 Å². The lowest BCUT2D eigenvalue weighted by Crippen LogP contribution is -2.08. The van der Waals surface area contributed by atoms with E-state index in [0.717, 1.165) is 36.4 Å². The molecule has 1 saturated heterocycles. The van der Waals surface area contributed by atoms with Crippen molar-refractivity contribution in [2.45, 2.75) is 12.3 Å². The number of fused-ring (bicyclic) bond motifs is 1. The number of hydrogen-bond donors (Lipinski definition) is 1. The van der Waals surface area contributed by atoms with E-state index in [-0.39, 0.29) is 0 Å². The molecule has 1 aliphatic rings. The number of nitrogens with zero attached hydrogens (tertiary/aromatic N) is 4. The molecule has 1 aliphatic heterocycles. The van der Waals surface area contributed by atoms with Gasteiger partial charge in [0.25, 0.3) is 0 Å². The molecule has 0 aliphatic carbocycles. The van der Waals surface area contributed by atoms with E-state index in [1.165, 1.54) is 0 Å². The number of rotatable bonds is 1. The minimum absolute atomic E-state index is 0.491. The monoisotopic (exact) mass is 203 g/mol. The van der Waals surface area contributed by atoms with E-state index in [9.17, 15) is 0 Å². The first-order chi connectivity index (χ1) is 7.36. The fourth-order valence-electron chi connectivity index (χ4n) is 2.17. The minimum atomic E-state index is 0.491. The second-order valence-electron chi connectivity index (χ2n) is 3.93. The minimum Gasteiger partial charge on any atom is -0.316 e. The first-order valence-electron chi connectivity index (χ1n) is 5.20. The van der Waals surface area contributed by atoms with Gasteiger partial charge in [0.15, 0.2) is 5.65 Å². The molecular weight excluding hydrogens is 190 g/mol. The molecule has 0 spiro atoms. The van der Waals surface area contributed by atoms with Crippen molar-refractivity contribution in [3.05, 3.63) is 18.1 Å². The summed E-state index contributed by atoms with van der Waals surface area (Å²) in [6, 6.07) is 0. The van der Waals surface area contributed by atoms with Gasteiger partial charge < -0.3 is 5.32 Å². The van der Waals surface area contributed by atoms with Crippen LogP contribution in [-0.2, 0) is 7.05 Å². The molecule has 78 valence electrons. The molecule has 1 fully saturated rings. The molecule has 3 rings (SSSR count). The van der Waals surface area contributed by atoms with Gasteiger partial charge in [0.1, 0.15) is 5.52 Å². The Morgan fingerprint density at radius 2 is 2.27 bits per heavy atom. The van der Waals surface area contributed by atoms with Crippen LogP contribution < -0.4 is 5.32 Å². The Bertz CT molecular complexity index is 484. The van der Waals surface area contributed by atoms with E-state index in [1.54, 1.807) is 12.4 Å². The van der Waals surface area contributed by atoms with E-state index < -0.39 is 0 Å². The standard InChI is InChI=1S/C10H13N5/c1-15-10-9(12-4-5-13-10)8(14-15)7-2-3-11-6-7/h4-5,7,11H,2-3,6H2,1H3. The molecule has 5 nitrogen and oxygen atoms in total. The van der Waals surface area contributed by atoms with Crippen molar-refractivity contribution in [2.24, 2.45) is 7.05 Å². The van der Waals surface area contributed by atoms with Gasteiger partial charge in [-0.3, -0.25) is 0 Å². The fraction of sp³-hybridized carbons (Fsp3) is 0.500. The van der Waals surface area contributed by atoms with Crippen LogP contribution >= 0.6 is 0 Å². The lowest BCUT2D eigenvalue weighted by molar-refractivity contribution is 0.687. The summed E-state index contributed by atoms with van der Waals surface area (Å²) >= 11 is 0. The van der Waals surface area contributed by atoms with Gasteiger partial charge in [0.05, 0.1) is 5.69 Å². The Balaban J connectivity index is 2.17. The molecule has 2 aromatic rings. The first-order valence-corrected chi connectivity index (χ1v) is 5.20. The maximum Gasteiger partial charge on any atom is 0.176 e. The van der Waals surface area contributed by atoms with Gasteiger partial charge in [-0.1, -0.05) is 0 Å². The van der Waals surface area contributed by atoms with Crippen LogP contribution in [0.5, 0.6) is 0 Å². The van der Waals surface area contributed by atoms with Crippen LogP contribution in [0.25, 0.3) is 11.2 Å². The third-order valence-electron chi connectivity index (χ3n) is 2.93. The Labute approximate surface area is 87.5 Å². The predicted octanol–water partition coefficient (Wildman–Crippen LogP) is 0.440. The van der Waals surface area contributed by atoms with E-state index in [2.05, 4.69) is 20.4 Å². The predicted molar refractivity (Wildman–Crippen MR) is 56.5 cm³/mol.